The van der Waals surface area contributed by atoms with E-state index in [1.807, 2.05) is 18.2 Å². The van der Waals surface area contributed by atoms with Crippen molar-refractivity contribution in [3.05, 3.63) is 36.4 Å². The van der Waals surface area contributed by atoms with Crippen LogP contribution in [0.5, 0.6) is 17.2 Å². The van der Waals surface area contributed by atoms with Crippen molar-refractivity contribution in [2.45, 2.75) is 0 Å². The first-order valence-corrected chi connectivity index (χ1v) is 10.4. The summed E-state index contributed by atoms with van der Waals surface area (Å²) in [5.74, 6) is 2.03. The summed E-state index contributed by atoms with van der Waals surface area (Å²) in [6.07, 6.45) is 0. The minimum absolute atomic E-state index is 0.143. The van der Waals surface area contributed by atoms with Gasteiger partial charge < -0.3 is 29.3 Å². The number of benzene rings is 2. The van der Waals surface area contributed by atoms with E-state index in [1.54, 1.807) is 55.8 Å². The molecule has 0 atom stereocenters. The minimum atomic E-state index is -0.143. The van der Waals surface area contributed by atoms with E-state index in [0.717, 1.165) is 34.2 Å². The molecule has 4 rings (SSSR count). The standard InChI is InChI=1S/C21H24N4O4S/c1-27-15-11-14(12-16(13-15)28-2)22-20(26)24-7-9-25(10-8-24)21-23-19-17(29-3)5-4-6-18(19)30-21/h4-6,11-13H,7-10H2,1-3H3,(H,22,26). The lowest BCUT2D eigenvalue weighted by atomic mass is 10.2. The molecule has 3 aromatic rings. The van der Waals surface area contributed by atoms with Crippen LogP contribution in [0.4, 0.5) is 15.6 Å². The Hall–Kier alpha value is -3.20. The highest BCUT2D eigenvalue weighted by Gasteiger charge is 2.24. The molecule has 2 aromatic carbocycles. The van der Waals surface area contributed by atoms with Crippen molar-refractivity contribution in [3.8, 4) is 17.2 Å². The van der Waals surface area contributed by atoms with Gasteiger partial charge in [0.25, 0.3) is 0 Å². The van der Waals surface area contributed by atoms with Crippen LogP contribution in [0.2, 0.25) is 0 Å². The lowest BCUT2D eigenvalue weighted by Gasteiger charge is -2.34. The van der Waals surface area contributed by atoms with Gasteiger partial charge in [-0.25, -0.2) is 9.78 Å². The molecule has 0 bridgehead atoms. The average Bonchev–Trinajstić information content (AvgIpc) is 3.23. The van der Waals surface area contributed by atoms with E-state index < -0.39 is 0 Å². The Balaban J connectivity index is 1.40. The number of amides is 2. The third kappa shape index (κ3) is 4.06. The van der Waals surface area contributed by atoms with Gasteiger partial charge in [0.1, 0.15) is 22.8 Å². The van der Waals surface area contributed by atoms with Gasteiger partial charge in [0.2, 0.25) is 0 Å². The van der Waals surface area contributed by atoms with Gasteiger partial charge in [0.05, 0.1) is 26.0 Å². The SMILES string of the molecule is COc1cc(NC(=O)N2CCN(c3nc4c(OC)cccc4s3)CC2)cc(OC)c1. The number of rotatable bonds is 5. The van der Waals surface area contributed by atoms with Crippen molar-refractivity contribution >= 4 is 38.4 Å². The molecular weight excluding hydrogens is 404 g/mol. The zero-order chi connectivity index (χ0) is 21.1. The molecule has 158 valence electrons. The highest BCUT2D eigenvalue weighted by molar-refractivity contribution is 7.22. The Kier molecular flexibility index (Phi) is 5.80. The highest BCUT2D eigenvalue weighted by atomic mass is 32.1. The van der Waals surface area contributed by atoms with Gasteiger partial charge in [0, 0.05) is 50.1 Å². The van der Waals surface area contributed by atoms with E-state index in [-0.39, 0.29) is 6.03 Å². The number of urea groups is 1. The van der Waals surface area contributed by atoms with Crippen LogP contribution in [-0.2, 0) is 0 Å². The molecule has 1 aromatic heterocycles. The number of nitrogens with zero attached hydrogens (tertiary/aromatic N) is 3. The molecule has 0 saturated carbocycles. The predicted octanol–water partition coefficient (Wildman–Crippen LogP) is 3.68. The summed E-state index contributed by atoms with van der Waals surface area (Å²) in [6.45, 7) is 2.66. The van der Waals surface area contributed by atoms with Crippen LogP contribution in [-0.4, -0.2) is 63.4 Å². The van der Waals surface area contributed by atoms with Gasteiger partial charge >= 0.3 is 6.03 Å². The van der Waals surface area contributed by atoms with E-state index in [0.29, 0.717) is 30.3 Å². The smallest absolute Gasteiger partial charge is 0.321 e. The number of thiazole rings is 1. The molecule has 1 saturated heterocycles. The van der Waals surface area contributed by atoms with E-state index in [9.17, 15) is 4.79 Å². The Morgan fingerprint density at radius 2 is 1.70 bits per heavy atom. The molecule has 30 heavy (non-hydrogen) atoms. The number of hydrogen-bond acceptors (Lipinski definition) is 7. The second-order valence-electron chi connectivity index (χ2n) is 6.81. The fourth-order valence-electron chi connectivity index (χ4n) is 3.39. The Bertz CT molecular complexity index is 1020. The van der Waals surface area contributed by atoms with Crippen LogP contribution in [0.25, 0.3) is 10.2 Å². The predicted molar refractivity (Wildman–Crippen MR) is 119 cm³/mol. The Labute approximate surface area is 179 Å². The summed E-state index contributed by atoms with van der Waals surface area (Å²) >= 11 is 1.64. The third-order valence-electron chi connectivity index (χ3n) is 5.03. The Morgan fingerprint density at radius 3 is 2.33 bits per heavy atom. The number of aromatic nitrogens is 1. The number of nitrogens with one attached hydrogen (secondary N) is 1. The number of methoxy groups -OCH3 is 3. The van der Waals surface area contributed by atoms with Gasteiger partial charge in [-0.3, -0.25) is 0 Å². The quantitative estimate of drug-likeness (QED) is 0.668. The highest BCUT2D eigenvalue weighted by Crippen LogP contribution is 2.34. The zero-order valence-electron chi connectivity index (χ0n) is 17.2. The van der Waals surface area contributed by atoms with Crippen LogP contribution in [0.3, 0.4) is 0 Å². The third-order valence-corrected chi connectivity index (χ3v) is 6.11. The van der Waals surface area contributed by atoms with Gasteiger partial charge in [-0.1, -0.05) is 17.4 Å². The van der Waals surface area contributed by atoms with E-state index in [1.165, 1.54) is 0 Å². The summed E-state index contributed by atoms with van der Waals surface area (Å²) in [4.78, 5) is 21.5. The van der Waals surface area contributed by atoms with Gasteiger partial charge in [0.15, 0.2) is 5.13 Å². The minimum Gasteiger partial charge on any atom is -0.497 e. The van der Waals surface area contributed by atoms with Crippen LogP contribution >= 0.6 is 11.3 Å². The molecule has 9 heteroatoms. The molecule has 2 amide bonds. The topological polar surface area (TPSA) is 76.2 Å². The summed E-state index contributed by atoms with van der Waals surface area (Å²) in [5.41, 5.74) is 1.52. The molecule has 0 unspecified atom stereocenters. The van der Waals surface area contributed by atoms with Crippen molar-refractivity contribution in [2.24, 2.45) is 0 Å². The van der Waals surface area contributed by atoms with E-state index in [2.05, 4.69) is 10.2 Å². The molecule has 1 fully saturated rings. The monoisotopic (exact) mass is 428 g/mol. The van der Waals surface area contributed by atoms with Crippen LogP contribution in [0.1, 0.15) is 0 Å². The number of fused-ring (bicyclic) bond motifs is 1. The number of piperazine rings is 1. The van der Waals surface area contributed by atoms with E-state index in [4.69, 9.17) is 19.2 Å². The van der Waals surface area contributed by atoms with Crippen LogP contribution in [0.15, 0.2) is 36.4 Å². The first kappa shape index (κ1) is 20.1. The number of ether oxygens (including phenoxy) is 3. The average molecular weight is 429 g/mol. The lowest BCUT2D eigenvalue weighted by molar-refractivity contribution is 0.208. The number of hydrogen-bond donors (Lipinski definition) is 1. The Morgan fingerprint density at radius 1 is 1.00 bits per heavy atom. The number of carbonyl (C=O) groups excluding carboxylic acids is 1. The maximum absolute atomic E-state index is 12.7. The van der Waals surface area contributed by atoms with Gasteiger partial charge in [-0.15, -0.1) is 0 Å². The van der Waals surface area contributed by atoms with Crippen molar-refractivity contribution in [2.75, 3.05) is 57.7 Å². The van der Waals surface area contributed by atoms with Crippen molar-refractivity contribution in [1.82, 2.24) is 9.88 Å². The number of carbonyl (C=O) groups is 1. The fourth-order valence-corrected chi connectivity index (χ4v) is 4.43. The molecule has 0 radical (unpaired) electrons. The first-order valence-electron chi connectivity index (χ1n) is 9.58. The molecule has 1 N–H and O–H groups in total. The molecule has 8 nitrogen and oxygen atoms in total. The van der Waals surface area contributed by atoms with Gasteiger partial charge in [-0.05, 0) is 12.1 Å². The second-order valence-corrected chi connectivity index (χ2v) is 7.82. The molecule has 1 aliphatic heterocycles. The number of para-hydroxylation sites is 1. The molecule has 0 aliphatic carbocycles. The van der Waals surface area contributed by atoms with Crippen molar-refractivity contribution < 1.29 is 19.0 Å². The van der Waals surface area contributed by atoms with Crippen molar-refractivity contribution in [3.63, 3.8) is 0 Å². The summed E-state index contributed by atoms with van der Waals surface area (Å²) < 4.78 is 17.0. The van der Waals surface area contributed by atoms with Crippen LogP contribution in [0, 0.1) is 0 Å². The summed E-state index contributed by atoms with van der Waals surface area (Å²) in [5, 5.41) is 3.88. The summed E-state index contributed by atoms with van der Waals surface area (Å²) in [6, 6.07) is 11.1. The summed E-state index contributed by atoms with van der Waals surface area (Å²) in [7, 11) is 4.82. The van der Waals surface area contributed by atoms with E-state index >= 15 is 0 Å². The maximum Gasteiger partial charge on any atom is 0.321 e. The normalized spacial score (nSPS) is 14.0. The molecule has 2 heterocycles. The van der Waals surface area contributed by atoms with Gasteiger partial charge in [-0.2, -0.15) is 0 Å². The second kappa shape index (κ2) is 8.66. The maximum atomic E-state index is 12.7. The molecule has 0 spiro atoms. The lowest BCUT2D eigenvalue weighted by Crippen LogP contribution is -2.50. The van der Waals surface area contributed by atoms with Crippen molar-refractivity contribution in [1.29, 1.82) is 0 Å². The molecular formula is C21H24N4O4S. The first-order chi connectivity index (χ1) is 14.6. The number of anilines is 2. The largest absolute Gasteiger partial charge is 0.497 e. The zero-order valence-corrected chi connectivity index (χ0v) is 18.0. The fraction of sp³-hybridized carbons (Fsp3) is 0.333. The molecule has 1 aliphatic rings. The van der Waals surface area contributed by atoms with Crippen LogP contribution < -0.4 is 24.4 Å².